The van der Waals surface area contributed by atoms with Crippen LogP contribution >= 0.6 is 0 Å². The third-order valence-corrected chi connectivity index (χ3v) is 6.58. The highest BCUT2D eigenvalue weighted by molar-refractivity contribution is 5.83. The molecule has 0 aliphatic carbocycles. The van der Waals surface area contributed by atoms with Gasteiger partial charge in [0.1, 0.15) is 0 Å². The van der Waals surface area contributed by atoms with Crippen molar-refractivity contribution >= 4 is 11.9 Å². The molecular formula is C34H58O4. The van der Waals surface area contributed by atoms with Crippen LogP contribution in [-0.4, -0.2) is 25.2 Å². The first-order valence-corrected chi connectivity index (χ1v) is 15.0. The molecule has 0 radical (unpaired) electrons. The topological polar surface area (TPSA) is 52.6 Å². The van der Waals surface area contributed by atoms with Crippen LogP contribution in [-0.2, 0) is 19.1 Å². The van der Waals surface area contributed by atoms with E-state index in [0.717, 1.165) is 68.4 Å². The number of carbonyl (C=O) groups excluding carboxylic acids is 2. The van der Waals surface area contributed by atoms with Gasteiger partial charge in [0.2, 0.25) is 0 Å². The predicted octanol–water partition coefficient (Wildman–Crippen LogP) is 10.00. The molecule has 0 N–H and O–H groups in total. The van der Waals surface area contributed by atoms with Crippen LogP contribution in [0.3, 0.4) is 0 Å². The molecule has 218 valence electrons. The molecule has 0 aromatic rings. The minimum Gasteiger partial charge on any atom is -0.463 e. The van der Waals surface area contributed by atoms with Crippen molar-refractivity contribution in [3.8, 4) is 0 Å². The molecule has 0 rings (SSSR count). The molecule has 0 unspecified atom stereocenters. The van der Waals surface area contributed by atoms with Crippen molar-refractivity contribution in [2.45, 2.75) is 138 Å². The van der Waals surface area contributed by atoms with Gasteiger partial charge < -0.3 is 9.47 Å². The number of unbranched alkanes of at least 4 members (excludes halogenated alkanes) is 6. The largest absolute Gasteiger partial charge is 0.463 e. The Morgan fingerprint density at radius 2 is 0.947 bits per heavy atom. The summed E-state index contributed by atoms with van der Waals surface area (Å²) in [6.45, 7) is 15.7. The van der Waals surface area contributed by atoms with E-state index in [0.29, 0.717) is 13.2 Å². The second kappa shape index (κ2) is 24.0. The van der Waals surface area contributed by atoms with Crippen molar-refractivity contribution in [2.24, 2.45) is 5.92 Å². The molecule has 4 nitrogen and oxygen atoms in total. The number of ether oxygens (including phenoxy) is 2. The third-order valence-electron chi connectivity index (χ3n) is 6.58. The first-order valence-electron chi connectivity index (χ1n) is 15.0. The van der Waals surface area contributed by atoms with E-state index < -0.39 is 0 Å². The predicted molar refractivity (Wildman–Crippen MR) is 162 cm³/mol. The monoisotopic (exact) mass is 530 g/mol. The number of rotatable bonds is 22. The molecule has 0 heterocycles. The lowest BCUT2D eigenvalue weighted by Gasteiger charge is -2.11. The van der Waals surface area contributed by atoms with E-state index in [9.17, 15) is 9.59 Å². The zero-order chi connectivity index (χ0) is 28.6. The fraction of sp³-hybridized carbons (Fsp3) is 0.706. The molecule has 0 bridgehead atoms. The lowest BCUT2D eigenvalue weighted by Crippen LogP contribution is -2.03. The van der Waals surface area contributed by atoms with Gasteiger partial charge in [-0.05, 0) is 86.0 Å². The first-order chi connectivity index (χ1) is 18.1. The summed E-state index contributed by atoms with van der Waals surface area (Å²) in [5.41, 5.74) is 4.78. The number of esters is 2. The molecule has 0 saturated carbocycles. The van der Waals surface area contributed by atoms with Gasteiger partial charge in [0.15, 0.2) is 0 Å². The average Bonchev–Trinajstić information content (AvgIpc) is 2.82. The molecule has 4 heteroatoms. The summed E-state index contributed by atoms with van der Waals surface area (Å²) in [6, 6.07) is 0. The summed E-state index contributed by atoms with van der Waals surface area (Å²) in [7, 11) is 0. The first kappa shape index (κ1) is 35.9. The highest BCUT2D eigenvalue weighted by Gasteiger charge is 2.04. The lowest BCUT2D eigenvalue weighted by molar-refractivity contribution is -0.138. The standard InChI is InChI=1S/C34H58O4/c1-28(2)18-16-22-31(6)26-33(35)37-24-14-10-8-12-20-30(5)21-13-9-11-15-25-38-34(36)27-32(7)23-17-19-29(3)4/h18-19,26-27,30H,8-17,20-25H2,1-7H3/b31-26+,32-27+. The van der Waals surface area contributed by atoms with Crippen molar-refractivity contribution in [3.63, 3.8) is 0 Å². The fourth-order valence-electron chi connectivity index (χ4n) is 4.19. The molecule has 0 fully saturated rings. The van der Waals surface area contributed by atoms with Crippen LogP contribution in [0.15, 0.2) is 46.6 Å². The molecule has 0 aliphatic heterocycles. The van der Waals surface area contributed by atoms with Crippen molar-refractivity contribution in [3.05, 3.63) is 46.6 Å². The van der Waals surface area contributed by atoms with Gasteiger partial charge in [-0.25, -0.2) is 9.59 Å². The second-order valence-electron chi connectivity index (χ2n) is 11.5. The molecule has 0 aliphatic rings. The minimum atomic E-state index is -0.204. The third kappa shape index (κ3) is 25.5. The Hall–Kier alpha value is -2.10. The van der Waals surface area contributed by atoms with Crippen LogP contribution in [0.25, 0.3) is 0 Å². The van der Waals surface area contributed by atoms with Crippen LogP contribution < -0.4 is 0 Å². The highest BCUT2D eigenvalue weighted by Crippen LogP contribution is 2.18. The van der Waals surface area contributed by atoms with Gasteiger partial charge in [-0.1, -0.05) is 92.7 Å². The summed E-state index contributed by atoms with van der Waals surface area (Å²) in [5, 5.41) is 0. The van der Waals surface area contributed by atoms with E-state index in [-0.39, 0.29) is 11.9 Å². The van der Waals surface area contributed by atoms with Crippen molar-refractivity contribution in [1.82, 2.24) is 0 Å². The van der Waals surface area contributed by atoms with Gasteiger partial charge in [0.25, 0.3) is 0 Å². The molecule has 0 amide bonds. The smallest absolute Gasteiger partial charge is 0.330 e. The minimum absolute atomic E-state index is 0.204. The molecule has 38 heavy (non-hydrogen) atoms. The van der Waals surface area contributed by atoms with E-state index >= 15 is 0 Å². The second-order valence-corrected chi connectivity index (χ2v) is 11.5. The molecular weight excluding hydrogens is 472 g/mol. The molecule has 0 aromatic carbocycles. The van der Waals surface area contributed by atoms with Gasteiger partial charge >= 0.3 is 11.9 Å². The Kier molecular flexibility index (Phi) is 22.7. The Morgan fingerprint density at radius 3 is 1.32 bits per heavy atom. The quantitative estimate of drug-likeness (QED) is 0.0604. The Morgan fingerprint density at radius 1 is 0.579 bits per heavy atom. The normalized spacial score (nSPS) is 12.6. The van der Waals surface area contributed by atoms with E-state index in [4.69, 9.17) is 9.47 Å². The fourth-order valence-corrected chi connectivity index (χ4v) is 4.19. The van der Waals surface area contributed by atoms with Gasteiger partial charge in [0, 0.05) is 12.2 Å². The zero-order valence-electron chi connectivity index (χ0n) is 25.8. The van der Waals surface area contributed by atoms with Crippen molar-refractivity contribution in [2.75, 3.05) is 13.2 Å². The summed E-state index contributed by atoms with van der Waals surface area (Å²) >= 11 is 0. The van der Waals surface area contributed by atoms with E-state index in [1.807, 2.05) is 13.8 Å². The van der Waals surface area contributed by atoms with E-state index in [1.54, 1.807) is 12.2 Å². The van der Waals surface area contributed by atoms with Gasteiger partial charge in [-0.15, -0.1) is 0 Å². The summed E-state index contributed by atoms with van der Waals surface area (Å²) in [4.78, 5) is 23.8. The number of allylic oxidation sites excluding steroid dienone is 6. The number of hydrogen-bond acceptors (Lipinski definition) is 4. The maximum absolute atomic E-state index is 11.9. The van der Waals surface area contributed by atoms with Gasteiger partial charge in [0.05, 0.1) is 13.2 Å². The van der Waals surface area contributed by atoms with Crippen LogP contribution in [0.4, 0.5) is 0 Å². The van der Waals surface area contributed by atoms with Crippen LogP contribution in [0.2, 0.25) is 0 Å². The number of hydrogen-bond donors (Lipinski definition) is 0. The van der Waals surface area contributed by atoms with E-state index in [2.05, 4.69) is 46.8 Å². The zero-order valence-corrected chi connectivity index (χ0v) is 25.8. The summed E-state index contributed by atoms with van der Waals surface area (Å²) in [5.74, 6) is 0.345. The molecule has 0 saturated heterocycles. The van der Waals surface area contributed by atoms with E-state index in [1.165, 1.54) is 49.7 Å². The van der Waals surface area contributed by atoms with Crippen molar-refractivity contribution < 1.29 is 19.1 Å². The summed E-state index contributed by atoms with van der Waals surface area (Å²) < 4.78 is 10.7. The SMILES string of the molecule is CC(C)=CCC/C(C)=C/C(=O)OCCCCCCC(C)CCCCCCOC(=O)/C=C(\C)CCC=C(C)C. The molecule has 0 atom stereocenters. The maximum atomic E-state index is 11.9. The lowest BCUT2D eigenvalue weighted by atomic mass is 9.96. The van der Waals surface area contributed by atoms with Crippen molar-refractivity contribution in [1.29, 1.82) is 0 Å². The Labute approximate surface area is 235 Å². The molecule has 0 aromatic heterocycles. The van der Waals surface area contributed by atoms with Gasteiger partial charge in [-0.3, -0.25) is 0 Å². The van der Waals surface area contributed by atoms with Crippen LogP contribution in [0.5, 0.6) is 0 Å². The Bertz CT molecular complexity index is 697. The highest BCUT2D eigenvalue weighted by atomic mass is 16.5. The van der Waals surface area contributed by atoms with Crippen LogP contribution in [0, 0.1) is 5.92 Å². The van der Waals surface area contributed by atoms with Gasteiger partial charge in [-0.2, -0.15) is 0 Å². The molecule has 0 spiro atoms. The number of carbonyl (C=O) groups is 2. The van der Waals surface area contributed by atoms with Crippen LogP contribution in [0.1, 0.15) is 138 Å². The average molecular weight is 531 g/mol. The maximum Gasteiger partial charge on any atom is 0.330 e. The Balaban J connectivity index is 3.64. The summed E-state index contributed by atoms with van der Waals surface area (Å²) in [6.07, 6.45) is 23.0.